The van der Waals surface area contributed by atoms with Crippen molar-refractivity contribution < 1.29 is 72.2 Å². The maximum Gasteiger partial charge on any atom is 0.408 e. The number of hydrogen-bond donors (Lipinski definition) is 3. The second-order valence-electron chi connectivity index (χ2n) is 19.6. The number of ether oxygens (including phenoxy) is 6. The average Bonchev–Trinajstić information content (AvgIpc) is 3.26. The van der Waals surface area contributed by atoms with Crippen LogP contribution in [-0.4, -0.2) is 106 Å². The summed E-state index contributed by atoms with van der Waals surface area (Å²) in [5.41, 5.74) is -8.55. The molecule has 4 aliphatic rings. The molecule has 0 radical (unpaired) electrons. The Bertz CT molecular complexity index is 2370. The highest BCUT2D eigenvalue weighted by Gasteiger charge is 2.80. The molecule has 3 N–H and O–H groups in total. The van der Waals surface area contributed by atoms with Crippen LogP contribution in [0.3, 0.4) is 0 Å². The van der Waals surface area contributed by atoms with Crippen molar-refractivity contribution in [1.29, 1.82) is 0 Å². The molecule has 1 saturated heterocycles. The first-order valence-electron chi connectivity index (χ1n) is 22.0. The van der Waals surface area contributed by atoms with Crippen molar-refractivity contribution in [1.82, 2.24) is 5.32 Å². The van der Waals surface area contributed by atoms with E-state index in [1.807, 2.05) is 0 Å². The molecule has 2 bridgehead atoms. The minimum absolute atomic E-state index is 0.0483. The molecule has 12 atom stereocenters. The summed E-state index contributed by atoms with van der Waals surface area (Å²) in [6.07, 6.45) is -9.68. The Morgan fingerprint density at radius 2 is 1.36 bits per heavy atom. The number of carbonyl (C=O) groups excluding carboxylic acids is 7. The van der Waals surface area contributed by atoms with Gasteiger partial charge in [0.25, 0.3) is 0 Å². The number of amides is 1. The molecule has 66 heavy (non-hydrogen) atoms. The quantitative estimate of drug-likeness (QED) is 0.134. The van der Waals surface area contributed by atoms with Gasteiger partial charge in [-0.3, -0.25) is 14.4 Å². The molecular formula is C50H57NO15. The third-order valence-corrected chi connectivity index (χ3v) is 14.1. The molecular weight excluding hydrogens is 855 g/mol. The molecule has 0 spiro atoms. The number of nitrogens with one attached hydrogen (secondary N) is 1. The van der Waals surface area contributed by atoms with Gasteiger partial charge in [-0.2, -0.15) is 0 Å². The number of esters is 4. The summed E-state index contributed by atoms with van der Waals surface area (Å²) in [4.78, 5) is 99.7. The van der Waals surface area contributed by atoms with Gasteiger partial charge in [-0.25, -0.2) is 19.2 Å². The summed E-state index contributed by atoms with van der Waals surface area (Å²) < 4.78 is 36.3. The summed E-state index contributed by atoms with van der Waals surface area (Å²) in [5, 5.41) is 28.0. The highest BCUT2D eigenvalue weighted by Crippen LogP contribution is 2.65. The zero-order valence-corrected chi connectivity index (χ0v) is 38.2. The maximum absolute atomic E-state index is 15.6. The molecule has 1 heterocycles. The fourth-order valence-corrected chi connectivity index (χ4v) is 10.8. The number of Topliss-reactive ketones (excluding diaryl/α,β-unsaturated/α-hetero) is 2. The van der Waals surface area contributed by atoms with Gasteiger partial charge >= 0.3 is 30.0 Å². The summed E-state index contributed by atoms with van der Waals surface area (Å²) in [5.74, 6) is -10.1. The fourth-order valence-electron chi connectivity index (χ4n) is 10.8. The van der Waals surface area contributed by atoms with Gasteiger partial charge in [0, 0.05) is 37.0 Å². The van der Waals surface area contributed by atoms with Crippen LogP contribution >= 0.6 is 0 Å². The second kappa shape index (κ2) is 17.7. The molecule has 3 aromatic rings. The molecule has 352 valence electrons. The van der Waals surface area contributed by atoms with Crippen molar-refractivity contribution in [3.63, 3.8) is 0 Å². The number of hydrogen-bond acceptors (Lipinski definition) is 15. The molecule has 4 fully saturated rings. The Morgan fingerprint density at radius 1 is 0.818 bits per heavy atom. The maximum atomic E-state index is 15.6. The zero-order valence-electron chi connectivity index (χ0n) is 38.2. The van der Waals surface area contributed by atoms with Gasteiger partial charge in [-0.1, -0.05) is 87.5 Å². The topological polar surface area (TPSA) is 227 Å². The van der Waals surface area contributed by atoms with E-state index in [-0.39, 0.29) is 24.2 Å². The van der Waals surface area contributed by atoms with E-state index in [4.69, 9.17) is 28.4 Å². The minimum Gasteiger partial charge on any atom is -0.460 e. The van der Waals surface area contributed by atoms with E-state index in [2.05, 4.69) is 5.32 Å². The molecule has 16 nitrogen and oxygen atoms in total. The van der Waals surface area contributed by atoms with Gasteiger partial charge in [-0.05, 0) is 57.5 Å². The first-order chi connectivity index (χ1) is 31.0. The van der Waals surface area contributed by atoms with Crippen molar-refractivity contribution in [3.05, 3.63) is 108 Å². The van der Waals surface area contributed by atoms with Crippen LogP contribution in [0.2, 0.25) is 0 Å². The zero-order chi connectivity index (χ0) is 48.1. The van der Waals surface area contributed by atoms with Gasteiger partial charge in [-0.15, -0.1) is 0 Å². The lowest BCUT2D eigenvalue weighted by molar-refractivity contribution is -0.349. The van der Waals surface area contributed by atoms with Crippen LogP contribution in [0.5, 0.6) is 0 Å². The predicted molar refractivity (Wildman–Crippen MR) is 232 cm³/mol. The average molecular weight is 912 g/mol. The molecule has 1 aliphatic heterocycles. The van der Waals surface area contributed by atoms with E-state index >= 15 is 9.59 Å². The first-order valence-corrected chi connectivity index (χ1v) is 22.0. The fraction of sp³-hybridized carbons (Fsp3) is 0.500. The van der Waals surface area contributed by atoms with Crippen LogP contribution < -0.4 is 5.32 Å². The van der Waals surface area contributed by atoms with Crippen LogP contribution in [0, 0.1) is 28.6 Å². The number of rotatable bonds is 10. The molecule has 3 aromatic carbocycles. The number of aliphatic hydroxyl groups is 2. The minimum atomic E-state index is -2.43. The summed E-state index contributed by atoms with van der Waals surface area (Å²) in [6, 6.07) is 22.5. The van der Waals surface area contributed by atoms with E-state index in [9.17, 15) is 34.2 Å². The smallest absolute Gasteiger partial charge is 0.408 e. The van der Waals surface area contributed by atoms with E-state index < -0.39 is 130 Å². The normalized spacial score (nSPS) is 31.9. The third kappa shape index (κ3) is 8.39. The lowest BCUT2D eigenvalue weighted by Gasteiger charge is -2.68. The van der Waals surface area contributed by atoms with E-state index in [1.54, 1.807) is 94.4 Å². The Hall–Kier alpha value is -5.97. The highest BCUT2D eigenvalue weighted by molar-refractivity contribution is 6.40. The van der Waals surface area contributed by atoms with Crippen LogP contribution in [0.4, 0.5) is 4.79 Å². The van der Waals surface area contributed by atoms with Crippen LogP contribution in [-0.2, 0) is 47.6 Å². The summed E-state index contributed by atoms with van der Waals surface area (Å²) >= 11 is 0. The van der Waals surface area contributed by atoms with Crippen molar-refractivity contribution >= 4 is 41.5 Å². The van der Waals surface area contributed by atoms with Gasteiger partial charge in [0.2, 0.25) is 11.6 Å². The van der Waals surface area contributed by atoms with Crippen molar-refractivity contribution in [2.45, 2.75) is 122 Å². The number of benzene rings is 3. The number of carbonyl (C=O) groups is 7. The van der Waals surface area contributed by atoms with Crippen molar-refractivity contribution in [2.75, 3.05) is 6.61 Å². The Morgan fingerprint density at radius 3 is 1.88 bits per heavy atom. The van der Waals surface area contributed by atoms with Gasteiger partial charge in [0.15, 0.2) is 11.7 Å². The van der Waals surface area contributed by atoms with Crippen LogP contribution in [0.25, 0.3) is 0 Å². The third-order valence-electron chi connectivity index (χ3n) is 14.1. The molecule has 0 aromatic heterocycles. The number of aliphatic hydroxyl groups excluding tert-OH is 1. The summed E-state index contributed by atoms with van der Waals surface area (Å²) in [7, 11) is 0. The van der Waals surface area contributed by atoms with E-state index in [0.29, 0.717) is 5.56 Å². The van der Waals surface area contributed by atoms with Gasteiger partial charge < -0.3 is 44.0 Å². The number of fused-ring (bicyclic) bond motifs is 5. The molecule has 3 unspecified atom stereocenters. The van der Waals surface area contributed by atoms with Crippen LogP contribution in [0.15, 0.2) is 91.0 Å². The van der Waals surface area contributed by atoms with E-state index in [0.717, 1.165) is 6.92 Å². The van der Waals surface area contributed by atoms with Crippen molar-refractivity contribution in [2.24, 2.45) is 28.6 Å². The molecule has 7 rings (SSSR count). The van der Waals surface area contributed by atoms with Gasteiger partial charge in [0.05, 0.1) is 35.1 Å². The Balaban J connectivity index is 1.36. The monoisotopic (exact) mass is 911 g/mol. The summed E-state index contributed by atoms with van der Waals surface area (Å²) in [6.45, 7) is 11.7. The lowest BCUT2D eigenvalue weighted by Crippen LogP contribution is -2.83. The largest absolute Gasteiger partial charge is 0.460 e. The number of ketones is 2. The SMILES string of the molecule is CC(=O)O[C@@]12CO[C@@H]1C[C@H](OC(=O)c1ccccc1)[C@@]1(C)C(=O)C(=O)C3C(C)[C@@H](OC(=O)[C@H](O)[C@@H](NC(=O)OC(C)(C)C)c4ccccc4)C[C@@](O)([C@@H](OC(=O)c4ccccc4)C12)C3(C)C. The standard InChI is InChI=1S/C50H57NO15/c1-27-32(62-44(58)38(54)36(29-18-12-9-13-19-29)51-45(59)66-46(3,4)5)25-50(60)41(64-43(57)31-22-16-11-17-23-31)39-48(8,40(55)37(53)35(27)47(50,6)7)33(63-42(56)30-20-14-10-15-21-30)24-34-49(39,26-61-34)65-28(2)52/h9-23,27,32-36,38-39,41,54,60H,24-26H2,1-8H3,(H,51,59)/t27?,32-,33-,34+,35?,36-,38+,39?,41-,48+,49-,50+/m0/s1. The first kappa shape index (κ1) is 48.0. The Kier molecular flexibility index (Phi) is 12.9. The molecule has 16 heteroatoms. The second-order valence-corrected chi connectivity index (χ2v) is 19.6. The van der Waals surface area contributed by atoms with E-state index in [1.165, 1.54) is 45.0 Å². The molecule has 3 aliphatic carbocycles. The van der Waals surface area contributed by atoms with Crippen LogP contribution in [0.1, 0.15) is 101 Å². The molecule has 1 amide bonds. The van der Waals surface area contributed by atoms with Gasteiger partial charge in [0.1, 0.15) is 35.6 Å². The molecule has 3 saturated carbocycles. The highest BCUT2D eigenvalue weighted by atomic mass is 16.6. The van der Waals surface area contributed by atoms with Crippen molar-refractivity contribution in [3.8, 4) is 0 Å². The number of alkyl carbamates (subject to hydrolysis) is 1. The predicted octanol–water partition coefficient (Wildman–Crippen LogP) is 5.27. The Labute approximate surface area is 382 Å². The lowest BCUT2D eigenvalue weighted by atomic mass is 9.42.